The fourth-order valence-electron chi connectivity index (χ4n) is 4.17. The minimum absolute atomic E-state index is 0.00485. The third kappa shape index (κ3) is 3.10. The third-order valence-electron chi connectivity index (χ3n) is 5.57. The number of hydrogen-bond donors (Lipinski definition) is 4. The molecule has 1 atom stereocenters. The van der Waals surface area contributed by atoms with E-state index in [2.05, 4.69) is 10.3 Å². The van der Waals surface area contributed by atoms with Crippen molar-refractivity contribution in [1.29, 1.82) is 0 Å². The van der Waals surface area contributed by atoms with Gasteiger partial charge in [-0.3, -0.25) is 14.9 Å². The first-order valence-electron chi connectivity index (χ1n) is 9.82. The van der Waals surface area contributed by atoms with Crippen LogP contribution >= 0.6 is 0 Å². The van der Waals surface area contributed by atoms with Gasteiger partial charge in [0.05, 0.1) is 30.4 Å². The molecule has 0 saturated carbocycles. The van der Waals surface area contributed by atoms with E-state index in [4.69, 9.17) is 0 Å². The molecule has 0 spiro atoms. The molecule has 7 nitrogen and oxygen atoms in total. The molecule has 0 radical (unpaired) electrons. The average molecular weight is 437 g/mol. The summed E-state index contributed by atoms with van der Waals surface area (Å²) in [5, 5.41) is 22.2. The predicted octanol–water partition coefficient (Wildman–Crippen LogP) is 2.32. The second-order valence-electron chi connectivity index (χ2n) is 7.62. The Morgan fingerprint density at radius 1 is 0.938 bits per heavy atom. The minimum Gasteiger partial charge on any atom is -0.394 e. The quantitative estimate of drug-likeness (QED) is 0.360. The fraction of sp³-hybridized carbons (Fsp3) is 0.130. The maximum absolute atomic E-state index is 14.1. The number of aromatic amines is 1. The molecule has 32 heavy (non-hydrogen) atoms. The van der Waals surface area contributed by atoms with E-state index < -0.39 is 36.2 Å². The van der Waals surface area contributed by atoms with Crippen LogP contribution in [0, 0.1) is 11.6 Å². The van der Waals surface area contributed by atoms with Gasteiger partial charge in [0.1, 0.15) is 11.6 Å². The summed E-state index contributed by atoms with van der Waals surface area (Å²) in [6.07, 6.45) is 1.98. The van der Waals surface area contributed by atoms with Crippen molar-refractivity contribution in [3.05, 3.63) is 71.6 Å². The number of aliphatic hydroxyl groups excluding tert-OH is 2. The number of nitrogens with one attached hydrogen (secondary N) is 2. The molecule has 5 rings (SSSR count). The van der Waals surface area contributed by atoms with E-state index in [9.17, 15) is 28.6 Å². The number of imide groups is 1. The van der Waals surface area contributed by atoms with Crippen LogP contribution < -0.4 is 5.32 Å². The average Bonchev–Trinajstić information content (AvgIpc) is 3.40. The first-order valence-corrected chi connectivity index (χ1v) is 9.82. The van der Waals surface area contributed by atoms with Gasteiger partial charge in [0.15, 0.2) is 0 Å². The lowest BCUT2D eigenvalue weighted by Gasteiger charge is -2.09. The lowest BCUT2D eigenvalue weighted by molar-refractivity contribution is -0.122. The maximum Gasteiger partial charge on any atom is 0.259 e. The number of hydrogen-bond acceptors (Lipinski definition) is 4. The molecule has 1 unspecified atom stereocenters. The van der Waals surface area contributed by atoms with Crippen LogP contribution in [0.25, 0.3) is 33.0 Å². The summed E-state index contributed by atoms with van der Waals surface area (Å²) in [5.74, 6) is -2.35. The van der Waals surface area contributed by atoms with Gasteiger partial charge >= 0.3 is 0 Å². The smallest absolute Gasteiger partial charge is 0.259 e. The van der Waals surface area contributed by atoms with Crippen LogP contribution in [0.4, 0.5) is 8.78 Å². The molecular formula is C23H17F2N3O4. The topological polar surface area (TPSA) is 107 Å². The number of nitrogens with zero attached hydrogens (tertiary/aromatic N) is 1. The first kappa shape index (κ1) is 20.1. The first-order chi connectivity index (χ1) is 15.4. The van der Waals surface area contributed by atoms with Crippen molar-refractivity contribution in [2.24, 2.45) is 0 Å². The molecule has 0 aliphatic carbocycles. The molecule has 1 aliphatic rings. The number of carbonyl (C=O) groups is 2. The van der Waals surface area contributed by atoms with Crippen LogP contribution in [0.15, 0.2) is 48.8 Å². The Kier molecular flexibility index (Phi) is 4.65. The molecule has 4 aromatic rings. The minimum atomic E-state index is -1.08. The highest BCUT2D eigenvalue weighted by atomic mass is 19.1. The summed E-state index contributed by atoms with van der Waals surface area (Å²) in [4.78, 5) is 28.6. The number of fused-ring (bicyclic) bond motifs is 2. The van der Waals surface area contributed by atoms with Gasteiger partial charge in [0.25, 0.3) is 11.8 Å². The summed E-state index contributed by atoms with van der Waals surface area (Å²) in [6.45, 7) is -0.487. The van der Waals surface area contributed by atoms with Crippen molar-refractivity contribution in [2.45, 2.75) is 12.6 Å². The van der Waals surface area contributed by atoms with Gasteiger partial charge in [-0.2, -0.15) is 0 Å². The number of aliphatic hydroxyl groups is 2. The van der Waals surface area contributed by atoms with Gasteiger partial charge in [0, 0.05) is 45.3 Å². The molecular weight excluding hydrogens is 420 g/mol. The number of H-pyrrole nitrogens is 1. The Balaban J connectivity index is 1.80. The lowest BCUT2D eigenvalue weighted by atomic mass is 9.95. The second-order valence-corrected chi connectivity index (χ2v) is 7.62. The Morgan fingerprint density at radius 3 is 2.31 bits per heavy atom. The Hall–Kier alpha value is -3.82. The highest BCUT2D eigenvalue weighted by molar-refractivity contribution is 6.50. The highest BCUT2D eigenvalue weighted by Gasteiger charge is 2.35. The lowest BCUT2D eigenvalue weighted by Crippen LogP contribution is -2.22. The molecule has 0 fully saturated rings. The normalized spacial score (nSPS) is 15.2. The van der Waals surface area contributed by atoms with E-state index in [1.807, 2.05) is 0 Å². The Morgan fingerprint density at radius 2 is 1.59 bits per heavy atom. The molecule has 0 saturated heterocycles. The summed E-state index contributed by atoms with van der Waals surface area (Å²) in [7, 11) is 0. The molecule has 0 bridgehead atoms. The van der Waals surface area contributed by atoms with Crippen molar-refractivity contribution >= 4 is 44.8 Å². The molecule has 9 heteroatoms. The van der Waals surface area contributed by atoms with E-state index >= 15 is 0 Å². The zero-order valence-electron chi connectivity index (χ0n) is 16.5. The van der Waals surface area contributed by atoms with Crippen LogP contribution in [-0.2, 0) is 16.1 Å². The van der Waals surface area contributed by atoms with Crippen molar-refractivity contribution in [3.63, 3.8) is 0 Å². The van der Waals surface area contributed by atoms with Crippen LogP contribution in [0.3, 0.4) is 0 Å². The molecule has 2 aromatic carbocycles. The Bertz CT molecular complexity index is 1450. The van der Waals surface area contributed by atoms with Gasteiger partial charge in [-0.15, -0.1) is 0 Å². The zero-order valence-corrected chi connectivity index (χ0v) is 16.5. The van der Waals surface area contributed by atoms with Gasteiger partial charge in [0.2, 0.25) is 0 Å². The number of aromatic nitrogens is 2. The number of amides is 2. The largest absolute Gasteiger partial charge is 0.394 e. The summed E-state index contributed by atoms with van der Waals surface area (Å²) < 4.78 is 29.6. The van der Waals surface area contributed by atoms with Crippen molar-refractivity contribution < 1.29 is 28.6 Å². The van der Waals surface area contributed by atoms with Crippen LogP contribution in [0.2, 0.25) is 0 Å². The summed E-state index contributed by atoms with van der Waals surface area (Å²) in [6, 6.07) is 8.05. The highest BCUT2D eigenvalue weighted by Crippen LogP contribution is 2.38. The van der Waals surface area contributed by atoms with Gasteiger partial charge in [-0.1, -0.05) is 0 Å². The fourth-order valence-corrected chi connectivity index (χ4v) is 4.17. The number of halogens is 2. The number of benzene rings is 2. The molecule has 2 aromatic heterocycles. The van der Waals surface area contributed by atoms with E-state index in [1.165, 1.54) is 48.8 Å². The van der Waals surface area contributed by atoms with E-state index in [0.29, 0.717) is 27.4 Å². The van der Waals surface area contributed by atoms with E-state index in [1.54, 1.807) is 4.57 Å². The van der Waals surface area contributed by atoms with Crippen LogP contribution in [0.1, 0.15) is 11.1 Å². The van der Waals surface area contributed by atoms with Crippen molar-refractivity contribution in [1.82, 2.24) is 14.9 Å². The number of rotatable bonds is 5. The van der Waals surface area contributed by atoms with E-state index in [-0.39, 0.29) is 23.3 Å². The maximum atomic E-state index is 14.1. The van der Waals surface area contributed by atoms with Crippen LogP contribution in [-0.4, -0.2) is 44.3 Å². The SMILES string of the molecule is O=C1NC(=O)C(c2cn(CC(O)CO)c3ccc(F)cc23)=C1c1c[nH]c2ccc(F)cc12. The molecule has 1 aliphatic heterocycles. The van der Waals surface area contributed by atoms with Crippen molar-refractivity contribution in [2.75, 3.05) is 6.61 Å². The predicted molar refractivity (Wildman–Crippen MR) is 113 cm³/mol. The Labute approximate surface area is 179 Å². The van der Waals surface area contributed by atoms with Crippen molar-refractivity contribution in [3.8, 4) is 0 Å². The van der Waals surface area contributed by atoms with Gasteiger partial charge in [-0.05, 0) is 36.4 Å². The second kappa shape index (κ2) is 7.40. The molecule has 162 valence electrons. The summed E-state index contributed by atoms with van der Waals surface area (Å²) in [5.41, 5.74) is 1.78. The number of carbonyl (C=O) groups excluding carboxylic acids is 2. The third-order valence-corrected chi connectivity index (χ3v) is 5.57. The monoisotopic (exact) mass is 437 g/mol. The van der Waals surface area contributed by atoms with Gasteiger partial charge < -0.3 is 19.8 Å². The molecule has 4 N–H and O–H groups in total. The molecule has 2 amide bonds. The van der Waals surface area contributed by atoms with Crippen LogP contribution in [0.5, 0.6) is 0 Å². The van der Waals surface area contributed by atoms with E-state index in [0.717, 1.165) is 0 Å². The zero-order chi connectivity index (χ0) is 22.6. The summed E-state index contributed by atoms with van der Waals surface area (Å²) >= 11 is 0. The standard InChI is InChI=1S/C23H17F2N3O4/c24-11-1-3-18-14(5-11)16(7-26-18)20-21(23(32)27-22(20)31)17-9-28(8-13(30)10-29)19-4-2-12(25)6-15(17)19/h1-7,9,13,26,29-30H,8,10H2,(H,27,31,32). The van der Waals surface area contributed by atoms with Gasteiger partial charge in [-0.25, -0.2) is 8.78 Å². The molecule has 3 heterocycles.